The molecular formula is C24H26N2O3S. The van der Waals surface area contributed by atoms with Gasteiger partial charge in [0.1, 0.15) is 11.5 Å². The molecule has 156 valence electrons. The second-order valence-corrected chi connectivity index (χ2v) is 7.80. The fourth-order valence-electron chi connectivity index (χ4n) is 2.71. The number of nitrogens with zero attached hydrogens (tertiary/aromatic N) is 1. The molecule has 1 amide bonds. The standard InChI is InChI=1S/C24H26N2O3S/c1-4-15-28-22-8-6-5-7-19(22)11-14-23(27)26-24-25-21(16-30-24)18-9-12-20(13-10-18)29-17(2)3/h5-14,16-17H,4,15H2,1-3H3,(H,25,26,27)/b14-11+. The van der Waals surface area contributed by atoms with Crippen molar-refractivity contribution in [2.45, 2.75) is 33.3 Å². The van der Waals surface area contributed by atoms with Crippen LogP contribution in [0.15, 0.2) is 60.0 Å². The Morgan fingerprint density at radius 1 is 1.17 bits per heavy atom. The van der Waals surface area contributed by atoms with Crippen molar-refractivity contribution in [3.63, 3.8) is 0 Å². The quantitative estimate of drug-likeness (QED) is 0.427. The van der Waals surface area contributed by atoms with E-state index in [0.29, 0.717) is 11.7 Å². The van der Waals surface area contributed by atoms with Crippen LogP contribution in [0, 0.1) is 0 Å². The van der Waals surface area contributed by atoms with E-state index in [2.05, 4.69) is 17.2 Å². The molecule has 0 aliphatic heterocycles. The fraction of sp³-hybridized carbons (Fsp3) is 0.250. The molecule has 0 saturated carbocycles. The van der Waals surface area contributed by atoms with E-state index in [-0.39, 0.29) is 12.0 Å². The third-order valence-corrected chi connectivity index (χ3v) is 4.81. The number of thiazole rings is 1. The minimum absolute atomic E-state index is 0.134. The lowest BCUT2D eigenvalue weighted by Gasteiger charge is -2.09. The van der Waals surface area contributed by atoms with Crippen molar-refractivity contribution in [2.75, 3.05) is 11.9 Å². The zero-order valence-corrected chi connectivity index (χ0v) is 18.2. The van der Waals surface area contributed by atoms with Gasteiger partial charge in [-0.2, -0.15) is 0 Å². The highest BCUT2D eigenvalue weighted by Crippen LogP contribution is 2.27. The van der Waals surface area contributed by atoms with Crippen molar-refractivity contribution in [1.82, 2.24) is 4.98 Å². The van der Waals surface area contributed by atoms with Gasteiger partial charge in [-0.1, -0.05) is 25.1 Å². The van der Waals surface area contributed by atoms with Gasteiger partial charge >= 0.3 is 0 Å². The van der Waals surface area contributed by atoms with E-state index in [9.17, 15) is 4.79 Å². The molecule has 0 radical (unpaired) electrons. The van der Waals surface area contributed by atoms with Gasteiger partial charge in [0.2, 0.25) is 5.91 Å². The topological polar surface area (TPSA) is 60.5 Å². The number of hydrogen-bond acceptors (Lipinski definition) is 5. The van der Waals surface area contributed by atoms with Crippen LogP contribution in [0.1, 0.15) is 32.8 Å². The number of amides is 1. The normalized spacial score (nSPS) is 11.1. The molecule has 1 N–H and O–H groups in total. The van der Waals surface area contributed by atoms with Crippen molar-refractivity contribution < 1.29 is 14.3 Å². The molecule has 3 aromatic rings. The minimum Gasteiger partial charge on any atom is -0.493 e. The summed E-state index contributed by atoms with van der Waals surface area (Å²) in [6.45, 7) is 6.69. The Morgan fingerprint density at radius 3 is 2.67 bits per heavy atom. The summed E-state index contributed by atoms with van der Waals surface area (Å²) in [4.78, 5) is 16.8. The highest BCUT2D eigenvalue weighted by Gasteiger charge is 2.08. The molecule has 0 aliphatic rings. The molecule has 0 fully saturated rings. The summed E-state index contributed by atoms with van der Waals surface area (Å²) in [6, 6.07) is 15.4. The van der Waals surface area contributed by atoms with Gasteiger partial charge in [0.15, 0.2) is 5.13 Å². The second kappa shape index (κ2) is 10.6. The average Bonchev–Trinajstić information content (AvgIpc) is 3.19. The first-order chi connectivity index (χ1) is 14.5. The Labute approximate surface area is 181 Å². The van der Waals surface area contributed by atoms with E-state index >= 15 is 0 Å². The second-order valence-electron chi connectivity index (χ2n) is 6.94. The number of carbonyl (C=O) groups is 1. The number of para-hydroxylation sites is 1. The smallest absolute Gasteiger partial charge is 0.250 e. The zero-order chi connectivity index (χ0) is 21.3. The van der Waals surface area contributed by atoms with Crippen LogP contribution in [0.4, 0.5) is 5.13 Å². The van der Waals surface area contributed by atoms with Crippen LogP contribution < -0.4 is 14.8 Å². The van der Waals surface area contributed by atoms with Crippen molar-refractivity contribution in [2.24, 2.45) is 0 Å². The number of hydrogen-bond donors (Lipinski definition) is 1. The van der Waals surface area contributed by atoms with E-state index in [1.165, 1.54) is 17.4 Å². The Bertz CT molecular complexity index is 994. The number of anilines is 1. The van der Waals surface area contributed by atoms with Crippen LogP contribution in [0.2, 0.25) is 0 Å². The SMILES string of the molecule is CCCOc1ccccc1/C=C/C(=O)Nc1nc(-c2ccc(OC(C)C)cc2)cs1. The van der Waals surface area contributed by atoms with Crippen molar-refractivity contribution >= 4 is 28.5 Å². The van der Waals surface area contributed by atoms with E-state index in [1.807, 2.05) is 67.8 Å². The van der Waals surface area contributed by atoms with Gasteiger partial charge < -0.3 is 9.47 Å². The maximum atomic E-state index is 12.3. The van der Waals surface area contributed by atoms with Crippen LogP contribution in [-0.2, 0) is 4.79 Å². The van der Waals surface area contributed by atoms with E-state index in [1.54, 1.807) is 6.08 Å². The Hall–Kier alpha value is -3.12. The summed E-state index contributed by atoms with van der Waals surface area (Å²) in [5.74, 6) is 1.36. The summed E-state index contributed by atoms with van der Waals surface area (Å²) in [7, 11) is 0. The lowest BCUT2D eigenvalue weighted by molar-refractivity contribution is -0.111. The van der Waals surface area contributed by atoms with Crippen LogP contribution in [0.5, 0.6) is 11.5 Å². The lowest BCUT2D eigenvalue weighted by atomic mass is 10.2. The molecule has 3 rings (SSSR count). The number of rotatable bonds is 9. The monoisotopic (exact) mass is 422 g/mol. The van der Waals surface area contributed by atoms with E-state index in [0.717, 1.165) is 34.7 Å². The highest BCUT2D eigenvalue weighted by molar-refractivity contribution is 7.14. The maximum Gasteiger partial charge on any atom is 0.250 e. The van der Waals surface area contributed by atoms with Gasteiger partial charge in [0.05, 0.1) is 18.4 Å². The summed E-state index contributed by atoms with van der Waals surface area (Å²) < 4.78 is 11.4. The zero-order valence-electron chi connectivity index (χ0n) is 17.4. The van der Waals surface area contributed by atoms with Gasteiger partial charge in [-0.05, 0) is 56.7 Å². The van der Waals surface area contributed by atoms with Crippen molar-refractivity contribution in [3.05, 3.63) is 65.6 Å². The average molecular weight is 423 g/mol. The maximum absolute atomic E-state index is 12.3. The van der Waals surface area contributed by atoms with Crippen LogP contribution in [-0.4, -0.2) is 23.6 Å². The number of aromatic nitrogens is 1. The third-order valence-electron chi connectivity index (χ3n) is 4.05. The van der Waals surface area contributed by atoms with E-state index in [4.69, 9.17) is 9.47 Å². The molecular weight excluding hydrogens is 396 g/mol. The molecule has 0 unspecified atom stereocenters. The van der Waals surface area contributed by atoms with Crippen molar-refractivity contribution in [1.29, 1.82) is 0 Å². The molecule has 30 heavy (non-hydrogen) atoms. The molecule has 0 saturated heterocycles. The van der Waals surface area contributed by atoms with Crippen LogP contribution in [0.3, 0.4) is 0 Å². The lowest BCUT2D eigenvalue weighted by Crippen LogP contribution is -2.07. The first-order valence-electron chi connectivity index (χ1n) is 9.98. The number of ether oxygens (including phenoxy) is 2. The van der Waals surface area contributed by atoms with Crippen LogP contribution in [0.25, 0.3) is 17.3 Å². The highest BCUT2D eigenvalue weighted by atomic mass is 32.1. The van der Waals surface area contributed by atoms with Gasteiger partial charge in [-0.15, -0.1) is 11.3 Å². The number of benzene rings is 2. The Morgan fingerprint density at radius 2 is 1.93 bits per heavy atom. The summed E-state index contributed by atoms with van der Waals surface area (Å²) in [6.07, 6.45) is 4.31. The molecule has 5 nitrogen and oxygen atoms in total. The Balaban J connectivity index is 1.62. The first kappa shape index (κ1) is 21.6. The summed E-state index contributed by atoms with van der Waals surface area (Å²) in [5, 5.41) is 5.29. The van der Waals surface area contributed by atoms with Gasteiger partial charge in [0, 0.05) is 22.6 Å². The molecule has 0 aliphatic carbocycles. The molecule has 1 heterocycles. The third kappa shape index (κ3) is 6.19. The Kier molecular flexibility index (Phi) is 7.63. The molecule has 1 aromatic heterocycles. The van der Waals surface area contributed by atoms with Gasteiger partial charge in [-0.3, -0.25) is 10.1 Å². The molecule has 2 aromatic carbocycles. The first-order valence-corrected chi connectivity index (χ1v) is 10.9. The van der Waals surface area contributed by atoms with E-state index < -0.39 is 0 Å². The predicted molar refractivity (Wildman–Crippen MR) is 123 cm³/mol. The van der Waals surface area contributed by atoms with Crippen molar-refractivity contribution in [3.8, 4) is 22.8 Å². The summed E-state index contributed by atoms with van der Waals surface area (Å²) in [5.41, 5.74) is 2.65. The fourth-order valence-corrected chi connectivity index (χ4v) is 3.44. The van der Waals surface area contributed by atoms with Gasteiger partial charge in [0.25, 0.3) is 0 Å². The predicted octanol–water partition coefficient (Wildman–Crippen LogP) is 6.04. The minimum atomic E-state index is -0.234. The summed E-state index contributed by atoms with van der Waals surface area (Å²) >= 11 is 1.39. The molecule has 0 atom stereocenters. The molecule has 0 spiro atoms. The van der Waals surface area contributed by atoms with Gasteiger partial charge in [-0.25, -0.2) is 4.98 Å². The number of carbonyl (C=O) groups excluding carboxylic acids is 1. The van der Waals surface area contributed by atoms with Crippen LogP contribution >= 0.6 is 11.3 Å². The largest absolute Gasteiger partial charge is 0.493 e. The molecule has 6 heteroatoms. The molecule has 0 bridgehead atoms. The number of nitrogens with one attached hydrogen (secondary N) is 1.